The average molecular weight is 231 g/mol. The second kappa shape index (κ2) is 3.10. The molecule has 90 valence electrons. The molecule has 1 aromatic carbocycles. The number of carbonyl (C=O) groups is 1. The van der Waals surface area contributed by atoms with Gasteiger partial charge in [0.1, 0.15) is 5.72 Å². The number of aryl methyl sites for hydroxylation is 1. The fourth-order valence-electron chi connectivity index (χ4n) is 3.12. The summed E-state index contributed by atoms with van der Waals surface area (Å²) in [6.45, 7) is 3.94. The number of hydrogen-bond donors (Lipinski definition) is 2. The maximum absolute atomic E-state index is 12.1. The largest absolute Gasteiger partial charge is 0.371 e. The number of piperidine rings is 1. The zero-order valence-corrected chi connectivity index (χ0v) is 10.2. The highest BCUT2D eigenvalue weighted by Gasteiger charge is 2.73. The first-order valence-corrected chi connectivity index (χ1v) is 6.15. The third-order valence-corrected chi connectivity index (χ3v) is 4.38. The molecule has 3 rings (SSSR count). The summed E-state index contributed by atoms with van der Waals surface area (Å²) in [6.07, 6.45) is 1.34. The van der Waals surface area contributed by atoms with Crippen LogP contribution in [-0.2, 0) is 10.2 Å². The molecule has 2 aliphatic rings. The van der Waals surface area contributed by atoms with E-state index in [9.17, 15) is 9.90 Å². The van der Waals surface area contributed by atoms with Crippen molar-refractivity contribution >= 4 is 5.91 Å². The molecule has 1 aromatic rings. The number of benzene rings is 1. The van der Waals surface area contributed by atoms with Crippen LogP contribution in [0, 0.1) is 12.8 Å². The summed E-state index contributed by atoms with van der Waals surface area (Å²) in [5.41, 5.74) is 0.766. The summed E-state index contributed by atoms with van der Waals surface area (Å²) in [7, 11) is 0. The zero-order chi connectivity index (χ0) is 12.3. The van der Waals surface area contributed by atoms with Gasteiger partial charge in [-0.2, -0.15) is 0 Å². The molecule has 17 heavy (non-hydrogen) atoms. The SMILES string of the molecule is CCC1(O)NC(=O)C2(c3ccc(C)cc3)CC12. The summed E-state index contributed by atoms with van der Waals surface area (Å²) in [5, 5.41) is 13.1. The second-order valence-corrected chi connectivity index (χ2v) is 5.33. The molecule has 1 heterocycles. The third-order valence-electron chi connectivity index (χ3n) is 4.38. The lowest BCUT2D eigenvalue weighted by molar-refractivity contribution is -0.126. The van der Waals surface area contributed by atoms with Crippen LogP contribution in [0.15, 0.2) is 24.3 Å². The van der Waals surface area contributed by atoms with Gasteiger partial charge in [0.25, 0.3) is 0 Å². The van der Waals surface area contributed by atoms with Gasteiger partial charge in [-0.1, -0.05) is 36.8 Å². The molecule has 1 aliphatic carbocycles. The van der Waals surface area contributed by atoms with Gasteiger partial charge in [-0.15, -0.1) is 0 Å². The second-order valence-electron chi connectivity index (χ2n) is 5.33. The molecule has 3 nitrogen and oxygen atoms in total. The maximum Gasteiger partial charge on any atom is 0.233 e. The fourth-order valence-corrected chi connectivity index (χ4v) is 3.12. The van der Waals surface area contributed by atoms with Crippen molar-refractivity contribution in [3.05, 3.63) is 35.4 Å². The van der Waals surface area contributed by atoms with Crippen LogP contribution in [0.2, 0.25) is 0 Å². The lowest BCUT2D eigenvalue weighted by atomic mass is 9.92. The first-order valence-electron chi connectivity index (χ1n) is 6.15. The molecule has 0 spiro atoms. The summed E-state index contributed by atoms with van der Waals surface area (Å²) < 4.78 is 0. The Bertz CT molecular complexity index is 482. The van der Waals surface area contributed by atoms with Crippen LogP contribution in [-0.4, -0.2) is 16.7 Å². The molecule has 0 radical (unpaired) electrons. The fraction of sp³-hybridized carbons (Fsp3) is 0.500. The van der Waals surface area contributed by atoms with Crippen molar-refractivity contribution in [2.24, 2.45) is 5.92 Å². The van der Waals surface area contributed by atoms with Crippen molar-refractivity contribution in [3.8, 4) is 0 Å². The Morgan fingerprint density at radius 1 is 1.41 bits per heavy atom. The highest BCUT2D eigenvalue weighted by Crippen LogP contribution is 2.63. The summed E-state index contributed by atoms with van der Waals surface area (Å²) in [6, 6.07) is 8.07. The monoisotopic (exact) mass is 231 g/mol. The van der Waals surface area contributed by atoms with Gasteiger partial charge in [0.15, 0.2) is 0 Å². The molecule has 2 N–H and O–H groups in total. The number of hydrogen-bond acceptors (Lipinski definition) is 2. The molecular formula is C14H17NO2. The van der Waals surface area contributed by atoms with Crippen LogP contribution in [0.1, 0.15) is 30.9 Å². The van der Waals surface area contributed by atoms with E-state index in [0.717, 1.165) is 12.0 Å². The highest BCUT2D eigenvalue weighted by atomic mass is 16.3. The molecule has 3 atom stereocenters. The minimum absolute atomic E-state index is 0.0179. The van der Waals surface area contributed by atoms with Gasteiger partial charge in [0.05, 0.1) is 5.41 Å². The van der Waals surface area contributed by atoms with Gasteiger partial charge in [0, 0.05) is 5.92 Å². The van der Waals surface area contributed by atoms with Crippen molar-refractivity contribution in [2.45, 2.75) is 37.8 Å². The summed E-state index contributed by atoms with van der Waals surface area (Å²) in [4.78, 5) is 12.1. The predicted molar refractivity (Wildman–Crippen MR) is 64.3 cm³/mol. The van der Waals surface area contributed by atoms with Gasteiger partial charge >= 0.3 is 0 Å². The third kappa shape index (κ3) is 1.23. The lowest BCUT2D eigenvalue weighted by Gasteiger charge is -2.22. The lowest BCUT2D eigenvalue weighted by Crippen LogP contribution is -2.45. The average Bonchev–Trinajstić information content (AvgIpc) is 3.02. The van der Waals surface area contributed by atoms with Gasteiger partial charge in [-0.25, -0.2) is 0 Å². The number of fused-ring (bicyclic) bond motifs is 1. The first kappa shape index (κ1) is 10.8. The van der Waals surface area contributed by atoms with Crippen LogP contribution < -0.4 is 5.32 Å². The van der Waals surface area contributed by atoms with E-state index in [4.69, 9.17) is 0 Å². The quantitative estimate of drug-likeness (QED) is 0.810. The number of carbonyl (C=O) groups excluding carboxylic acids is 1. The number of amides is 1. The van der Waals surface area contributed by atoms with Crippen molar-refractivity contribution < 1.29 is 9.90 Å². The molecule has 3 unspecified atom stereocenters. The highest BCUT2D eigenvalue weighted by molar-refractivity contribution is 5.96. The standard InChI is InChI=1S/C14H17NO2/c1-3-14(17)11-8-13(11,12(16)15-14)10-6-4-9(2)5-7-10/h4-7,11,17H,3,8H2,1-2H3,(H,15,16). The van der Waals surface area contributed by atoms with Crippen LogP contribution in [0.5, 0.6) is 0 Å². The van der Waals surface area contributed by atoms with Gasteiger partial charge in [-0.3, -0.25) is 4.79 Å². The molecule has 2 fully saturated rings. The Kier molecular flexibility index (Phi) is 1.97. The topological polar surface area (TPSA) is 49.3 Å². The van der Waals surface area contributed by atoms with E-state index in [0.29, 0.717) is 6.42 Å². The summed E-state index contributed by atoms with van der Waals surface area (Å²) >= 11 is 0. The summed E-state index contributed by atoms with van der Waals surface area (Å²) in [5.74, 6) is 0.0194. The molecular weight excluding hydrogens is 214 g/mol. The van der Waals surface area contributed by atoms with Crippen molar-refractivity contribution in [3.63, 3.8) is 0 Å². The molecule has 1 saturated carbocycles. The van der Waals surface area contributed by atoms with Gasteiger partial charge < -0.3 is 10.4 Å². The van der Waals surface area contributed by atoms with E-state index >= 15 is 0 Å². The first-order chi connectivity index (χ1) is 8.03. The zero-order valence-electron chi connectivity index (χ0n) is 10.2. The maximum atomic E-state index is 12.1. The minimum atomic E-state index is -0.998. The van der Waals surface area contributed by atoms with E-state index in [2.05, 4.69) is 5.32 Å². The Labute approximate surface area is 101 Å². The Morgan fingerprint density at radius 3 is 2.53 bits per heavy atom. The van der Waals surface area contributed by atoms with E-state index in [1.165, 1.54) is 5.56 Å². The van der Waals surface area contributed by atoms with Crippen LogP contribution in [0.4, 0.5) is 0 Å². The molecule has 0 bridgehead atoms. The van der Waals surface area contributed by atoms with Crippen LogP contribution >= 0.6 is 0 Å². The molecule has 1 amide bonds. The van der Waals surface area contributed by atoms with E-state index in [1.807, 2.05) is 38.1 Å². The number of aliphatic hydroxyl groups is 1. The Hall–Kier alpha value is -1.35. The molecule has 0 aromatic heterocycles. The predicted octanol–water partition coefficient (Wildman–Crippen LogP) is 1.48. The molecule has 3 heteroatoms. The van der Waals surface area contributed by atoms with Crippen LogP contribution in [0.25, 0.3) is 0 Å². The Balaban J connectivity index is 2.01. The van der Waals surface area contributed by atoms with Crippen molar-refractivity contribution in [2.75, 3.05) is 0 Å². The number of nitrogens with one attached hydrogen (secondary N) is 1. The van der Waals surface area contributed by atoms with E-state index in [-0.39, 0.29) is 11.8 Å². The van der Waals surface area contributed by atoms with E-state index in [1.54, 1.807) is 0 Å². The van der Waals surface area contributed by atoms with Crippen molar-refractivity contribution in [1.82, 2.24) is 5.32 Å². The van der Waals surface area contributed by atoms with E-state index < -0.39 is 11.1 Å². The Morgan fingerprint density at radius 2 is 2.06 bits per heavy atom. The molecule has 1 saturated heterocycles. The van der Waals surface area contributed by atoms with Gasteiger partial charge in [0.2, 0.25) is 5.91 Å². The number of rotatable bonds is 2. The van der Waals surface area contributed by atoms with Gasteiger partial charge in [-0.05, 0) is 25.3 Å². The minimum Gasteiger partial charge on any atom is -0.371 e. The smallest absolute Gasteiger partial charge is 0.233 e. The normalized spacial score (nSPS) is 38.8. The van der Waals surface area contributed by atoms with Crippen molar-refractivity contribution in [1.29, 1.82) is 0 Å². The molecule has 1 aliphatic heterocycles. The van der Waals surface area contributed by atoms with Crippen LogP contribution in [0.3, 0.4) is 0 Å².